The van der Waals surface area contributed by atoms with Crippen molar-refractivity contribution in [1.82, 2.24) is 0 Å². The van der Waals surface area contributed by atoms with Crippen LogP contribution in [-0.4, -0.2) is 75.6 Å². The normalized spacial score (nSPS) is 14.6. The second-order valence-corrected chi connectivity index (χ2v) is 14.0. The minimum atomic E-state index is -4.27. The highest BCUT2D eigenvalue weighted by Gasteiger charge is 2.26. The van der Waals surface area contributed by atoms with Crippen LogP contribution in [0.4, 0.5) is 0 Å². The number of unbranched alkanes of at least 4 members (excludes halogenated alkanes) is 11. The molecular formula is C35H67NO7P+. The highest BCUT2D eigenvalue weighted by molar-refractivity contribution is 7.47. The zero-order valence-corrected chi connectivity index (χ0v) is 29.8. The van der Waals surface area contributed by atoms with Gasteiger partial charge in [-0.25, -0.2) is 4.57 Å². The largest absolute Gasteiger partial charge is 0.472 e. The van der Waals surface area contributed by atoms with E-state index in [9.17, 15) is 14.3 Å². The van der Waals surface area contributed by atoms with Gasteiger partial charge in [0, 0.05) is 13.0 Å². The van der Waals surface area contributed by atoms with Crippen LogP contribution in [-0.2, 0) is 27.9 Å². The number of allylic oxidation sites excluding steroid dienone is 6. The average Bonchev–Trinajstić information content (AvgIpc) is 2.96. The van der Waals surface area contributed by atoms with E-state index < -0.39 is 13.9 Å². The van der Waals surface area contributed by atoms with E-state index >= 15 is 0 Å². The van der Waals surface area contributed by atoms with Crippen molar-refractivity contribution in [3.8, 4) is 0 Å². The van der Waals surface area contributed by atoms with Crippen LogP contribution in [0, 0.1) is 0 Å². The lowest BCUT2D eigenvalue weighted by molar-refractivity contribution is -0.870. The lowest BCUT2D eigenvalue weighted by atomic mass is 10.1. The molecule has 0 aromatic rings. The number of carbonyl (C=O) groups is 1. The summed E-state index contributed by atoms with van der Waals surface area (Å²) in [6.45, 7) is 5.43. The van der Waals surface area contributed by atoms with Crippen LogP contribution in [0.3, 0.4) is 0 Å². The number of rotatable bonds is 31. The quantitative estimate of drug-likeness (QED) is 0.0265. The molecule has 258 valence electrons. The Labute approximate surface area is 270 Å². The van der Waals surface area contributed by atoms with Gasteiger partial charge in [-0.05, 0) is 44.9 Å². The number of hydrogen-bond acceptors (Lipinski definition) is 6. The molecule has 0 aliphatic rings. The third-order valence-corrected chi connectivity index (χ3v) is 7.95. The summed E-state index contributed by atoms with van der Waals surface area (Å²) in [6, 6.07) is 0. The minimum absolute atomic E-state index is 0.0827. The maximum absolute atomic E-state index is 12.5. The fourth-order valence-corrected chi connectivity index (χ4v) is 5.01. The SMILES string of the molecule is CC/C=C\C/C=C\C/C=C\CCCCCC(=O)OC(COCCCCCCCCCCC)COP(=O)(O)OCC[N+](C)(C)C. The van der Waals surface area contributed by atoms with E-state index in [0.29, 0.717) is 24.1 Å². The molecule has 0 radical (unpaired) electrons. The highest BCUT2D eigenvalue weighted by atomic mass is 31.2. The zero-order valence-electron chi connectivity index (χ0n) is 28.9. The Morgan fingerprint density at radius 3 is 1.95 bits per heavy atom. The molecule has 9 heteroatoms. The second kappa shape index (κ2) is 29.1. The van der Waals surface area contributed by atoms with Gasteiger partial charge >= 0.3 is 13.8 Å². The van der Waals surface area contributed by atoms with Crippen LogP contribution < -0.4 is 0 Å². The first-order chi connectivity index (χ1) is 21.1. The molecule has 0 fully saturated rings. The third kappa shape index (κ3) is 32.1. The number of phosphoric ester groups is 1. The van der Waals surface area contributed by atoms with Crippen LogP contribution in [0.15, 0.2) is 36.5 Å². The van der Waals surface area contributed by atoms with Crippen LogP contribution >= 0.6 is 7.82 Å². The number of nitrogens with zero attached hydrogens (tertiary/aromatic N) is 1. The third-order valence-electron chi connectivity index (χ3n) is 6.97. The Morgan fingerprint density at radius 1 is 0.727 bits per heavy atom. The average molecular weight is 645 g/mol. The first kappa shape index (κ1) is 42.7. The summed E-state index contributed by atoms with van der Waals surface area (Å²) >= 11 is 0. The van der Waals surface area contributed by atoms with Gasteiger partial charge in [0.1, 0.15) is 19.3 Å². The number of carbonyl (C=O) groups excluding carboxylic acids is 1. The van der Waals surface area contributed by atoms with Crippen molar-refractivity contribution in [2.45, 2.75) is 129 Å². The summed E-state index contributed by atoms with van der Waals surface area (Å²) in [5, 5.41) is 0. The molecule has 0 amide bonds. The number of phosphoric acid groups is 1. The summed E-state index contributed by atoms with van der Waals surface area (Å²) < 4.78 is 34.6. The van der Waals surface area contributed by atoms with Crippen molar-refractivity contribution in [3.63, 3.8) is 0 Å². The molecule has 0 heterocycles. The predicted molar refractivity (Wildman–Crippen MR) is 183 cm³/mol. The molecule has 44 heavy (non-hydrogen) atoms. The van der Waals surface area contributed by atoms with Crippen molar-refractivity contribution in [2.75, 3.05) is 54.1 Å². The predicted octanol–water partition coefficient (Wildman–Crippen LogP) is 9.09. The molecule has 0 saturated heterocycles. The molecule has 1 N–H and O–H groups in total. The summed E-state index contributed by atoms with van der Waals surface area (Å²) in [4.78, 5) is 22.6. The van der Waals surface area contributed by atoms with E-state index in [2.05, 4.69) is 50.3 Å². The lowest BCUT2D eigenvalue weighted by Gasteiger charge is -2.24. The van der Waals surface area contributed by atoms with E-state index in [4.69, 9.17) is 18.5 Å². The van der Waals surface area contributed by atoms with Gasteiger partial charge in [0.2, 0.25) is 0 Å². The summed E-state index contributed by atoms with van der Waals surface area (Å²) in [5.74, 6) is -0.346. The van der Waals surface area contributed by atoms with E-state index in [1.165, 1.54) is 44.9 Å². The minimum Gasteiger partial charge on any atom is -0.457 e. The van der Waals surface area contributed by atoms with E-state index in [1.807, 2.05) is 21.1 Å². The maximum atomic E-state index is 12.5. The molecule has 2 unspecified atom stereocenters. The maximum Gasteiger partial charge on any atom is 0.472 e. The molecular weight excluding hydrogens is 577 g/mol. The summed E-state index contributed by atoms with van der Waals surface area (Å²) in [5.41, 5.74) is 0. The number of quaternary nitrogens is 1. The van der Waals surface area contributed by atoms with Crippen molar-refractivity contribution in [3.05, 3.63) is 36.5 Å². The van der Waals surface area contributed by atoms with Gasteiger partial charge in [0.25, 0.3) is 0 Å². The van der Waals surface area contributed by atoms with Gasteiger partial charge < -0.3 is 18.9 Å². The molecule has 0 aromatic heterocycles. The molecule has 8 nitrogen and oxygen atoms in total. The van der Waals surface area contributed by atoms with Crippen molar-refractivity contribution in [1.29, 1.82) is 0 Å². The highest BCUT2D eigenvalue weighted by Crippen LogP contribution is 2.43. The van der Waals surface area contributed by atoms with Gasteiger partial charge in [-0.1, -0.05) is 108 Å². The van der Waals surface area contributed by atoms with Gasteiger partial charge in [0.05, 0.1) is 34.4 Å². The molecule has 0 saturated carbocycles. The topological polar surface area (TPSA) is 91.3 Å². The monoisotopic (exact) mass is 644 g/mol. The van der Waals surface area contributed by atoms with E-state index in [1.54, 1.807) is 0 Å². The van der Waals surface area contributed by atoms with Crippen LogP contribution in [0.25, 0.3) is 0 Å². The van der Waals surface area contributed by atoms with Crippen molar-refractivity contribution >= 4 is 13.8 Å². The molecule has 0 rings (SSSR count). The summed E-state index contributed by atoms with van der Waals surface area (Å²) in [7, 11) is 1.64. The Balaban J connectivity index is 4.41. The molecule has 0 aromatic carbocycles. The Hall–Kier alpha value is -1.28. The number of likely N-dealkylation sites (N-methyl/N-ethyl adjacent to an activating group) is 1. The Kier molecular flexibility index (Phi) is 28.3. The molecule has 0 aliphatic heterocycles. The number of ether oxygens (including phenoxy) is 2. The standard InChI is InChI=1S/C35H66NO7P/c1-6-8-10-12-14-16-17-18-19-20-22-24-26-28-35(37)43-34(33-42-44(38,39)41-31-29-36(3,4)5)32-40-30-27-25-23-21-15-13-11-9-7-2/h8,10,14,16,18-19,34H,6-7,9,11-13,15,17,20-33H2,1-5H3/p+1/b10-8-,16-14-,19-18-. The number of hydrogen-bond donors (Lipinski definition) is 1. The molecule has 0 aliphatic carbocycles. The fourth-order valence-electron chi connectivity index (χ4n) is 4.27. The molecule has 0 bridgehead atoms. The van der Waals surface area contributed by atoms with Gasteiger partial charge in [-0.3, -0.25) is 13.8 Å². The fraction of sp³-hybridized carbons (Fsp3) is 0.800. The van der Waals surface area contributed by atoms with E-state index in [0.717, 1.165) is 57.8 Å². The van der Waals surface area contributed by atoms with Crippen LogP contribution in [0.2, 0.25) is 0 Å². The first-order valence-corrected chi connectivity index (χ1v) is 18.7. The van der Waals surface area contributed by atoms with Crippen LogP contribution in [0.1, 0.15) is 123 Å². The Bertz CT molecular complexity index is 807. The van der Waals surface area contributed by atoms with E-state index in [-0.39, 0.29) is 25.8 Å². The molecule has 2 atom stereocenters. The zero-order chi connectivity index (χ0) is 32.8. The molecule has 0 spiro atoms. The van der Waals surface area contributed by atoms with Gasteiger partial charge in [-0.15, -0.1) is 0 Å². The smallest absolute Gasteiger partial charge is 0.457 e. The van der Waals surface area contributed by atoms with Crippen molar-refractivity contribution < 1.29 is 37.3 Å². The second-order valence-electron chi connectivity index (χ2n) is 12.5. The van der Waals surface area contributed by atoms with Gasteiger partial charge in [-0.2, -0.15) is 0 Å². The van der Waals surface area contributed by atoms with Gasteiger partial charge in [0.15, 0.2) is 0 Å². The Morgan fingerprint density at radius 2 is 1.32 bits per heavy atom. The number of esters is 1. The summed E-state index contributed by atoms with van der Waals surface area (Å²) in [6.07, 6.45) is 30.3. The lowest BCUT2D eigenvalue weighted by Crippen LogP contribution is -2.37. The van der Waals surface area contributed by atoms with Crippen molar-refractivity contribution in [2.24, 2.45) is 0 Å². The van der Waals surface area contributed by atoms with Crippen LogP contribution in [0.5, 0.6) is 0 Å². The first-order valence-electron chi connectivity index (χ1n) is 17.2.